The lowest BCUT2D eigenvalue weighted by atomic mass is 9.44. The molecule has 5 aliphatic rings. The van der Waals surface area contributed by atoms with Crippen molar-refractivity contribution in [2.45, 2.75) is 102 Å². The molecular weight excluding hydrogens is 448 g/mol. The van der Waals surface area contributed by atoms with E-state index in [0.717, 1.165) is 5.57 Å². The summed E-state index contributed by atoms with van der Waals surface area (Å²) in [5.74, 6) is -1.08. The molecule has 1 aliphatic heterocycles. The van der Waals surface area contributed by atoms with Crippen molar-refractivity contribution in [2.75, 3.05) is 0 Å². The Hall–Kier alpha value is -1.80. The van der Waals surface area contributed by atoms with Crippen LogP contribution in [0.25, 0.3) is 0 Å². The first kappa shape index (κ1) is 24.9. The van der Waals surface area contributed by atoms with Crippen LogP contribution < -0.4 is 0 Å². The van der Waals surface area contributed by atoms with E-state index in [0.29, 0.717) is 36.8 Å². The van der Waals surface area contributed by atoms with Gasteiger partial charge in [-0.2, -0.15) is 0 Å². The molecule has 0 amide bonds. The normalized spacial score (nSPS) is 49.0. The Bertz CT molecular complexity index is 1080. The standard InChI is InChI=1S/C28H38O7/c1-15-14-22(35-23(31)16(15)2)26(5,32)28(34)13-12-27(33)18-6-7-19-20(29)8-9-21(30)25(19,4)17(18)10-11-24(27,28)3/h7-9,17-18,20,22,29,32-34H,6,10-14H2,1-5H3/t17-,18+,20-,22+,24-,25+,26-,27+,28-/m0/s1. The van der Waals surface area contributed by atoms with Crippen LogP contribution in [0.3, 0.4) is 0 Å². The Morgan fingerprint density at radius 2 is 1.77 bits per heavy atom. The molecule has 0 bridgehead atoms. The smallest absolute Gasteiger partial charge is 0.334 e. The molecule has 4 aliphatic carbocycles. The fourth-order valence-corrected chi connectivity index (χ4v) is 8.47. The highest BCUT2D eigenvalue weighted by Gasteiger charge is 2.76. The van der Waals surface area contributed by atoms with Crippen LogP contribution in [0.5, 0.6) is 0 Å². The van der Waals surface area contributed by atoms with Crippen molar-refractivity contribution < 1.29 is 34.8 Å². The van der Waals surface area contributed by atoms with Gasteiger partial charge in [0.25, 0.3) is 0 Å². The summed E-state index contributed by atoms with van der Waals surface area (Å²) in [5.41, 5.74) is -4.81. The van der Waals surface area contributed by atoms with Crippen LogP contribution in [-0.2, 0) is 14.3 Å². The second-order valence-corrected chi connectivity index (χ2v) is 12.3. The van der Waals surface area contributed by atoms with Crippen molar-refractivity contribution in [1.82, 2.24) is 0 Å². The maximum Gasteiger partial charge on any atom is 0.334 e. The second kappa shape index (κ2) is 7.37. The average molecular weight is 487 g/mol. The summed E-state index contributed by atoms with van der Waals surface area (Å²) < 4.78 is 5.61. The van der Waals surface area contributed by atoms with Gasteiger partial charge >= 0.3 is 5.97 Å². The number of fused-ring (bicyclic) bond motifs is 5. The topological polar surface area (TPSA) is 124 Å². The highest BCUT2D eigenvalue weighted by Crippen LogP contribution is 2.70. The lowest BCUT2D eigenvalue weighted by Gasteiger charge is -2.63. The van der Waals surface area contributed by atoms with Gasteiger partial charge in [0, 0.05) is 17.4 Å². The lowest BCUT2D eigenvalue weighted by molar-refractivity contribution is -0.279. The number of cyclic esters (lactones) is 1. The minimum atomic E-state index is -1.80. The fourth-order valence-electron chi connectivity index (χ4n) is 8.47. The summed E-state index contributed by atoms with van der Waals surface area (Å²) in [6.45, 7) is 8.75. The van der Waals surface area contributed by atoms with Crippen molar-refractivity contribution in [2.24, 2.45) is 22.7 Å². The van der Waals surface area contributed by atoms with Crippen LogP contribution in [0.15, 0.2) is 34.9 Å². The molecule has 1 heterocycles. The first-order valence-electron chi connectivity index (χ1n) is 12.8. The number of esters is 1. The monoisotopic (exact) mass is 486 g/mol. The van der Waals surface area contributed by atoms with Gasteiger partial charge in [0.1, 0.15) is 17.3 Å². The van der Waals surface area contributed by atoms with Crippen LogP contribution in [-0.4, -0.2) is 61.2 Å². The number of hydrogen-bond acceptors (Lipinski definition) is 7. The lowest BCUT2D eigenvalue weighted by Crippen LogP contribution is -2.72. The third-order valence-electron chi connectivity index (χ3n) is 11.1. The summed E-state index contributed by atoms with van der Waals surface area (Å²) in [5, 5.41) is 47.1. The third kappa shape index (κ3) is 2.81. The zero-order chi connectivity index (χ0) is 25.8. The predicted octanol–water partition coefficient (Wildman–Crippen LogP) is 2.51. The summed E-state index contributed by atoms with van der Waals surface area (Å²) >= 11 is 0. The Morgan fingerprint density at radius 1 is 1.09 bits per heavy atom. The molecule has 192 valence electrons. The Balaban J connectivity index is 1.54. The van der Waals surface area contributed by atoms with Gasteiger partial charge in [-0.15, -0.1) is 0 Å². The molecule has 0 unspecified atom stereocenters. The van der Waals surface area contributed by atoms with E-state index in [1.54, 1.807) is 6.92 Å². The van der Waals surface area contributed by atoms with Crippen LogP contribution in [0.2, 0.25) is 0 Å². The summed E-state index contributed by atoms with van der Waals surface area (Å²) in [6, 6.07) is 0. The largest absolute Gasteiger partial charge is 0.455 e. The quantitative estimate of drug-likeness (QED) is 0.349. The van der Waals surface area contributed by atoms with Crippen molar-refractivity contribution in [3.05, 3.63) is 34.9 Å². The van der Waals surface area contributed by atoms with Gasteiger partial charge in [-0.1, -0.05) is 18.6 Å². The van der Waals surface area contributed by atoms with Crippen LogP contribution >= 0.6 is 0 Å². The van der Waals surface area contributed by atoms with E-state index in [9.17, 15) is 30.0 Å². The van der Waals surface area contributed by atoms with Crippen molar-refractivity contribution in [3.8, 4) is 0 Å². The molecule has 2 fully saturated rings. The molecule has 2 saturated carbocycles. The zero-order valence-corrected chi connectivity index (χ0v) is 21.3. The second-order valence-electron chi connectivity index (χ2n) is 12.3. The van der Waals surface area contributed by atoms with E-state index in [2.05, 4.69) is 0 Å². The molecule has 4 N–H and O–H groups in total. The number of rotatable bonds is 2. The molecule has 0 aromatic carbocycles. The number of ether oxygens (including phenoxy) is 1. The van der Waals surface area contributed by atoms with E-state index >= 15 is 0 Å². The predicted molar refractivity (Wildman–Crippen MR) is 128 cm³/mol. The molecule has 0 aromatic rings. The Morgan fingerprint density at radius 3 is 2.43 bits per heavy atom. The molecule has 9 atom stereocenters. The average Bonchev–Trinajstić information content (AvgIpc) is 3.02. The van der Waals surface area contributed by atoms with Crippen LogP contribution in [0.1, 0.15) is 73.1 Å². The van der Waals surface area contributed by atoms with Crippen molar-refractivity contribution in [3.63, 3.8) is 0 Å². The highest BCUT2D eigenvalue weighted by molar-refractivity contribution is 5.99. The minimum Gasteiger partial charge on any atom is -0.455 e. The minimum absolute atomic E-state index is 0.0667. The zero-order valence-electron chi connectivity index (χ0n) is 21.3. The molecular formula is C28H38O7. The molecule has 5 rings (SSSR count). The third-order valence-corrected chi connectivity index (χ3v) is 11.1. The van der Waals surface area contributed by atoms with Gasteiger partial charge in [0.05, 0.1) is 17.1 Å². The van der Waals surface area contributed by atoms with Gasteiger partial charge in [0.15, 0.2) is 5.78 Å². The van der Waals surface area contributed by atoms with Gasteiger partial charge < -0.3 is 25.2 Å². The highest BCUT2D eigenvalue weighted by atomic mass is 16.6. The van der Waals surface area contributed by atoms with Gasteiger partial charge in [0.2, 0.25) is 0 Å². The van der Waals surface area contributed by atoms with E-state index in [4.69, 9.17) is 4.74 Å². The summed E-state index contributed by atoms with van der Waals surface area (Å²) in [4.78, 5) is 25.6. The fraction of sp³-hybridized carbons (Fsp3) is 0.714. The van der Waals surface area contributed by atoms with Crippen molar-refractivity contribution in [1.29, 1.82) is 0 Å². The maximum absolute atomic E-state index is 13.1. The van der Waals surface area contributed by atoms with Crippen molar-refractivity contribution >= 4 is 11.8 Å². The molecule has 0 aromatic heterocycles. The van der Waals surface area contributed by atoms with Gasteiger partial charge in [-0.05, 0) is 89.4 Å². The van der Waals surface area contributed by atoms with E-state index in [1.807, 2.05) is 26.8 Å². The molecule has 0 saturated heterocycles. The number of allylic oxidation sites excluding steroid dienone is 2. The molecule has 7 heteroatoms. The van der Waals surface area contributed by atoms with Crippen LogP contribution in [0.4, 0.5) is 0 Å². The number of aliphatic hydroxyl groups excluding tert-OH is 1. The van der Waals surface area contributed by atoms with Gasteiger partial charge in [-0.25, -0.2) is 4.79 Å². The number of hydrogen-bond donors (Lipinski definition) is 4. The first-order chi connectivity index (χ1) is 16.1. The Kier molecular flexibility index (Phi) is 5.24. The SMILES string of the molecule is CC1=C(C)C(=O)O[C@@H]([C@](C)(O)[C@]2(O)CC[C@@]3(O)[C@@H]4CC=C5[C@@H](O)C=CC(=O)[C@]5(C)[C@H]4CC[C@]23C)C1. The number of ketones is 1. The van der Waals surface area contributed by atoms with E-state index in [-0.39, 0.29) is 30.5 Å². The molecule has 0 radical (unpaired) electrons. The number of aliphatic hydroxyl groups is 4. The first-order valence-corrected chi connectivity index (χ1v) is 12.8. The van der Waals surface area contributed by atoms with E-state index < -0.39 is 45.8 Å². The van der Waals surface area contributed by atoms with Crippen LogP contribution in [0, 0.1) is 22.7 Å². The summed E-state index contributed by atoms with van der Waals surface area (Å²) in [6.07, 6.45) is 5.28. The number of carbonyl (C=O) groups is 2. The number of carbonyl (C=O) groups excluding carboxylic acids is 2. The van der Waals surface area contributed by atoms with E-state index in [1.165, 1.54) is 19.1 Å². The van der Waals surface area contributed by atoms with Gasteiger partial charge in [-0.3, -0.25) is 4.79 Å². The Labute approximate surface area is 206 Å². The molecule has 0 spiro atoms. The summed E-state index contributed by atoms with van der Waals surface area (Å²) in [7, 11) is 0. The maximum atomic E-state index is 13.1. The molecule has 35 heavy (non-hydrogen) atoms. The molecule has 7 nitrogen and oxygen atoms in total.